The van der Waals surface area contributed by atoms with Crippen molar-refractivity contribution in [1.29, 1.82) is 0 Å². The minimum atomic E-state index is -0.521. The average molecular weight is 401 g/mol. The molecule has 0 radical (unpaired) electrons. The molecule has 3 N–H and O–H groups in total. The number of alkyl carbamates (subject to hydrolysis) is 1. The maximum absolute atomic E-state index is 12.1. The first-order valence-electron chi connectivity index (χ1n) is 9.53. The van der Waals surface area contributed by atoms with Gasteiger partial charge in [-0.3, -0.25) is 19.8 Å². The number of hydrogen-bond acceptors (Lipinski definition) is 4. The molecule has 0 saturated heterocycles. The van der Waals surface area contributed by atoms with Gasteiger partial charge < -0.3 is 10.1 Å². The van der Waals surface area contributed by atoms with Crippen molar-refractivity contribution in [2.24, 2.45) is 0 Å². The molecular formula is C23H19N3O4. The Morgan fingerprint density at radius 1 is 1.00 bits per heavy atom. The fraction of sp³-hybridized carbons (Fsp3) is 0.174. The molecule has 4 rings (SSSR count). The van der Waals surface area contributed by atoms with Crippen LogP contribution in [0.1, 0.15) is 29.0 Å². The summed E-state index contributed by atoms with van der Waals surface area (Å²) in [4.78, 5) is 34.8. The van der Waals surface area contributed by atoms with Crippen LogP contribution >= 0.6 is 0 Å². The standard InChI is InChI=1S/C23H19N3O4/c27-21-13-15(22(28)26-25-21)7-5-6-12-24-23(29)30-14-20-18-10-3-1-8-16(18)17-9-2-4-11-19(17)20/h1-4,8-11,13,20H,6,12,14H2,(H,24,29)(H,25,27)(H,26,28). The van der Waals surface area contributed by atoms with E-state index in [1.165, 1.54) is 11.1 Å². The van der Waals surface area contributed by atoms with Crippen LogP contribution in [0.15, 0.2) is 64.2 Å². The van der Waals surface area contributed by atoms with Gasteiger partial charge in [-0.15, -0.1) is 0 Å². The fourth-order valence-corrected chi connectivity index (χ4v) is 3.55. The van der Waals surface area contributed by atoms with Crippen molar-refractivity contribution in [2.45, 2.75) is 12.3 Å². The number of fused-ring (bicyclic) bond motifs is 3. The molecule has 30 heavy (non-hydrogen) atoms. The summed E-state index contributed by atoms with van der Waals surface area (Å²) >= 11 is 0. The summed E-state index contributed by atoms with van der Waals surface area (Å²) in [7, 11) is 0. The zero-order chi connectivity index (χ0) is 20.9. The maximum Gasteiger partial charge on any atom is 0.407 e. The predicted molar refractivity (Wildman–Crippen MR) is 112 cm³/mol. The Labute approximate surface area is 172 Å². The third-order valence-electron chi connectivity index (χ3n) is 4.91. The van der Waals surface area contributed by atoms with E-state index in [2.05, 4.69) is 51.6 Å². The predicted octanol–water partition coefficient (Wildman–Crippen LogP) is 2.34. The minimum Gasteiger partial charge on any atom is -0.449 e. The smallest absolute Gasteiger partial charge is 0.407 e. The second-order valence-electron chi connectivity index (χ2n) is 6.81. The maximum atomic E-state index is 12.1. The van der Waals surface area contributed by atoms with Crippen LogP contribution in [0.5, 0.6) is 0 Å². The van der Waals surface area contributed by atoms with Crippen molar-refractivity contribution < 1.29 is 9.53 Å². The number of carbonyl (C=O) groups is 1. The van der Waals surface area contributed by atoms with Gasteiger partial charge in [-0.1, -0.05) is 60.4 Å². The zero-order valence-electron chi connectivity index (χ0n) is 16.0. The van der Waals surface area contributed by atoms with E-state index in [0.717, 1.165) is 17.2 Å². The first-order valence-corrected chi connectivity index (χ1v) is 9.53. The van der Waals surface area contributed by atoms with Crippen LogP contribution in [0.25, 0.3) is 11.1 Å². The van der Waals surface area contributed by atoms with Crippen molar-refractivity contribution in [3.8, 4) is 23.0 Å². The summed E-state index contributed by atoms with van der Waals surface area (Å²) in [6, 6.07) is 17.4. The number of aromatic amines is 2. The van der Waals surface area contributed by atoms with Crippen LogP contribution in [0.4, 0.5) is 4.79 Å². The zero-order valence-corrected chi connectivity index (χ0v) is 16.0. The number of carbonyl (C=O) groups excluding carboxylic acids is 1. The molecule has 1 aromatic heterocycles. The molecule has 7 heteroatoms. The van der Waals surface area contributed by atoms with E-state index in [9.17, 15) is 14.4 Å². The summed E-state index contributed by atoms with van der Waals surface area (Å²) in [5.41, 5.74) is 3.84. The molecule has 1 heterocycles. The molecule has 3 aromatic rings. The molecule has 2 aromatic carbocycles. The number of amides is 1. The van der Waals surface area contributed by atoms with Crippen molar-refractivity contribution in [1.82, 2.24) is 15.5 Å². The van der Waals surface area contributed by atoms with Crippen molar-refractivity contribution >= 4 is 6.09 Å². The highest BCUT2D eigenvalue weighted by molar-refractivity contribution is 5.79. The molecule has 0 unspecified atom stereocenters. The van der Waals surface area contributed by atoms with Gasteiger partial charge in [0.2, 0.25) is 0 Å². The van der Waals surface area contributed by atoms with E-state index >= 15 is 0 Å². The lowest BCUT2D eigenvalue weighted by molar-refractivity contribution is 0.143. The Balaban J connectivity index is 1.31. The Morgan fingerprint density at radius 3 is 2.37 bits per heavy atom. The normalized spacial score (nSPS) is 11.7. The number of nitrogens with one attached hydrogen (secondary N) is 3. The summed E-state index contributed by atoms with van der Waals surface area (Å²) < 4.78 is 5.44. The van der Waals surface area contributed by atoms with Crippen LogP contribution in [-0.4, -0.2) is 29.4 Å². The first-order chi connectivity index (χ1) is 14.6. The number of benzene rings is 2. The van der Waals surface area contributed by atoms with E-state index in [1.807, 2.05) is 24.3 Å². The van der Waals surface area contributed by atoms with Crippen LogP contribution in [0.2, 0.25) is 0 Å². The van der Waals surface area contributed by atoms with Crippen molar-refractivity contribution in [3.63, 3.8) is 0 Å². The van der Waals surface area contributed by atoms with Gasteiger partial charge in [0, 0.05) is 24.9 Å². The monoisotopic (exact) mass is 401 g/mol. The number of aromatic nitrogens is 2. The van der Waals surface area contributed by atoms with Gasteiger partial charge in [-0.25, -0.2) is 4.79 Å². The van der Waals surface area contributed by atoms with E-state index < -0.39 is 17.2 Å². The highest BCUT2D eigenvalue weighted by Crippen LogP contribution is 2.44. The Bertz CT molecular complexity index is 1220. The second-order valence-corrected chi connectivity index (χ2v) is 6.81. The Hall–Kier alpha value is -4.05. The third-order valence-corrected chi connectivity index (χ3v) is 4.91. The van der Waals surface area contributed by atoms with Crippen LogP contribution in [-0.2, 0) is 4.74 Å². The van der Waals surface area contributed by atoms with Gasteiger partial charge in [0.05, 0.1) is 5.56 Å². The molecule has 150 valence electrons. The minimum absolute atomic E-state index is 0.00541. The second kappa shape index (κ2) is 8.53. The molecule has 0 spiro atoms. The summed E-state index contributed by atoms with van der Waals surface area (Å²) in [5.74, 6) is 5.38. The number of hydrogen-bond donors (Lipinski definition) is 3. The molecule has 0 atom stereocenters. The highest BCUT2D eigenvalue weighted by atomic mass is 16.5. The number of ether oxygens (including phenoxy) is 1. The van der Waals surface area contributed by atoms with Gasteiger partial charge in [-0.2, -0.15) is 0 Å². The average Bonchev–Trinajstić information content (AvgIpc) is 3.08. The van der Waals surface area contributed by atoms with Crippen molar-refractivity contribution in [2.75, 3.05) is 13.2 Å². The SMILES string of the molecule is O=C(NCCC#Cc1cc(=O)[nH][nH]c1=O)OCC1c2ccccc2-c2ccccc21. The van der Waals surface area contributed by atoms with Crippen LogP contribution in [0.3, 0.4) is 0 Å². The lowest BCUT2D eigenvalue weighted by atomic mass is 9.98. The molecule has 0 aliphatic heterocycles. The third kappa shape index (κ3) is 4.03. The van der Waals surface area contributed by atoms with Gasteiger partial charge >= 0.3 is 6.09 Å². The van der Waals surface area contributed by atoms with Crippen LogP contribution in [0, 0.1) is 11.8 Å². The Kier molecular flexibility index (Phi) is 5.48. The highest BCUT2D eigenvalue weighted by Gasteiger charge is 2.28. The summed E-state index contributed by atoms with van der Waals surface area (Å²) in [6.07, 6.45) is -0.205. The molecule has 1 aliphatic rings. The molecular weight excluding hydrogens is 382 g/mol. The van der Waals surface area contributed by atoms with E-state index in [4.69, 9.17) is 4.74 Å². The van der Waals surface area contributed by atoms with E-state index in [0.29, 0.717) is 6.42 Å². The fourth-order valence-electron chi connectivity index (χ4n) is 3.55. The lowest BCUT2D eigenvalue weighted by Crippen LogP contribution is -2.26. The van der Waals surface area contributed by atoms with Crippen LogP contribution < -0.4 is 16.4 Å². The molecule has 1 amide bonds. The molecule has 0 bridgehead atoms. The molecule has 0 fully saturated rings. The van der Waals surface area contributed by atoms with E-state index in [1.54, 1.807) is 0 Å². The molecule has 1 aliphatic carbocycles. The lowest BCUT2D eigenvalue weighted by Gasteiger charge is -2.14. The summed E-state index contributed by atoms with van der Waals surface area (Å²) in [6.45, 7) is 0.512. The molecule has 0 saturated carbocycles. The van der Waals surface area contributed by atoms with Gasteiger partial charge in [-0.05, 0) is 22.3 Å². The summed E-state index contributed by atoms with van der Waals surface area (Å²) in [5, 5.41) is 7.02. The van der Waals surface area contributed by atoms with Gasteiger partial charge in [0.1, 0.15) is 6.61 Å². The van der Waals surface area contributed by atoms with E-state index in [-0.39, 0.29) is 24.6 Å². The topological polar surface area (TPSA) is 104 Å². The quantitative estimate of drug-likeness (QED) is 0.461. The molecule has 7 nitrogen and oxygen atoms in total. The number of rotatable bonds is 4. The largest absolute Gasteiger partial charge is 0.449 e. The number of H-pyrrole nitrogens is 2. The van der Waals surface area contributed by atoms with Crippen molar-refractivity contribution in [3.05, 3.63) is 92.0 Å². The van der Waals surface area contributed by atoms with Gasteiger partial charge in [0.25, 0.3) is 11.1 Å². The first kappa shape index (κ1) is 19.3. The van der Waals surface area contributed by atoms with Gasteiger partial charge in [0.15, 0.2) is 0 Å². The Morgan fingerprint density at radius 2 is 1.67 bits per heavy atom.